The zero-order valence-electron chi connectivity index (χ0n) is 14.0. The molecule has 0 amide bonds. The molecule has 1 N–H and O–H groups in total. The minimum Gasteiger partial charge on any atom is -0.466 e. The normalized spacial score (nSPS) is 11.2. The van der Waals surface area contributed by atoms with Gasteiger partial charge in [0, 0.05) is 10.3 Å². The fourth-order valence-corrected chi connectivity index (χ4v) is 5.06. The summed E-state index contributed by atoms with van der Waals surface area (Å²) < 4.78 is 5.75. The van der Waals surface area contributed by atoms with Gasteiger partial charge in [-0.05, 0) is 26.3 Å². The molecule has 3 aromatic heterocycles. The Balaban J connectivity index is 1.70. The standard InChI is InChI=1S/C16H17N3O3S3/c1-4-22-12(20)5-10-6-23-16(17-10)24-7-11-18-14(21)13-8(2)9(3)25-15(13)19-11/h6H,4-5,7H2,1-3H3,(H,18,19,21). The molecule has 0 aliphatic carbocycles. The number of nitrogens with zero attached hydrogens (tertiary/aromatic N) is 2. The molecule has 0 spiro atoms. The lowest BCUT2D eigenvalue weighted by Gasteiger charge is -2.00. The zero-order valence-corrected chi connectivity index (χ0v) is 16.5. The summed E-state index contributed by atoms with van der Waals surface area (Å²) in [5.41, 5.74) is 1.61. The van der Waals surface area contributed by atoms with Crippen molar-refractivity contribution in [1.82, 2.24) is 15.0 Å². The Hall–Kier alpha value is -1.71. The van der Waals surface area contributed by atoms with E-state index in [4.69, 9.17) is 4.74 Å². The molecule has 9 heteroatoms. The summed E-state index contributed by atoms with van der Waals surface area (Å²) >= 11 is 4.50. The highest BCUT2D eigenvalue weighted by Gasteiger charge is 2.13. The van der Waals surface area contributed by atoms with Gasteiger partial charge in [-0.1, -0.05) is 11.8 Å². The number of hydrogen-bond acceptors (Lipinski definition) is 8. The minimum atomic E-state index is -0.274. The van der Waals surface area contributed by atoms with Crippen molar-refractivity contribution < 1.29 is 9.53 Å². The second-order valence-corrected chi connectivity index (χ2v) is 8.64. The topological polar surface area (TPSA) is 84.9 Å². The molecule has 0 aliphatic heterocycles. The first kappa shape index (κ1) is 18.1. The first-order valence-electron chi connectivity index (χ1n) is 7.69. The molecular formula is C16H17N3O3S3. The molecule has 132 valence electrons. The number of esters is 1. The number of aryl methyl sites for hydroxylation is 2. The summed E-state index contributed by atoms with van der Waals surface area (Å²) in [4.78, 5) is 37.5. The van der Waals surface area contributed by atoms with Crippen LogP contribution in [0.25, 0.3) is 10.2 Å². The number of carbonyl (C=O) groups excluding carboxylic acids is 1. The lowest BCUT2D eigenvalue weighted by molar-refractivity contribution is -0.142. The summed E-state index contributed by atoms with van der Waals surface area (Å²) in [6.45, 7) is 6.09. The Morgan fingerprint density at radius 1 is 1.36 bits per heavy atom. The number of aromatic amines is 1. The van der Waals surface area contributed by atoms with Crippen molar-refractivity contribution in [3.8, 4) is 0 Å². The van der Waals surface area contributed by atoms with Gasteiger partial charge in [0.15, 0.2) is 4.34 Å². The van der Waals surface area contributed by atoms with Crippen LogP contribution in [0.5, 0.6) is 0 Å². The third-order valence-corrected chi connectivity index (χ3v) is 6.76. The molecule has 0 saturated carbocycles. The number of H-pyrrole nitrogens is 1. The van der Waals surface area contributed by atoms with E-state index in [2.05, 4.69) is 15.0 Å². The van der Waals surface area contributed by atoms with Crippen molar-refractivity contribution in [2.24, 2.45) is 0 Å². The maximum absolute atomic E-state index is 12.3. The van der Waals surface area contributed by atoms with Gasteiger partial charge in [-0.3, -0.25) is 9.59 Å². The number of thiazole rings is 1. The van der Waals surface area contributed by atoms with Crippen molar-refractivity contribution in [3.63, 3.8) is 0 Å². The van der Waals surface area contributed by atoms with Crippen molar-refractivity contribution >= 4 is 50.6 Å². The van der Waals surface area contributed by atoms with E-state index in [-0.39, 0.29) is 17.9 Å². The van der Waals surface area contributed by atoms with Gasteiger partial charge < -0.3 is 9.72 Å². The van der Waals surface area contributed by atoms with Gasteiger partial charge in [0.1, 0.15) is 10.7 Å². The van der Waals surface area contributed by atoms with E-state index in [1.54, 1.807) is 6.92 Å². The molecule has 0 unspecified atom stereocenters. The van der Waals surface area contributed by atoms with Gasteiger partial charge in [0.2, 0.25) is 0 Å². The third kappa shape index (κ3) is 4.10. The average Bonchev–Trinajstić information content (AvgIpc) is 3.10. The maximum atomic E-state index is 12.3. The SMILES string of the molecule is CCOC(=O)Cc1csc(SCc2nc3sc(C)c(C)c3c(=O)[nH]2)n1. The average molecular weight is 396 g/mol. The molecule has 3 aromatic rings. The molecule has 0 fully saturated rings. The highest BCUT2D eigenvalue weighted by atomic mass is 32.2. The highest BCUT2D eigenvalue weighted by Crippen LogP contribution is 2.28. The smallest absolute Gasteiger partial charge is 0.311 e. The van der Waals surface area contributed by atoms with Crippen LogP contribution in [0.15, 0.2) is 14.5 Å². The largest absolute Gasteiger partial charge is 0.466 e. The van der Waals surface area contributed by atoms with E-state index >= 15 is 0 Å². The van der Waals surface area contributed by atoms with Gasteiger partial charge in [0.05, 0.1) is 29.9 Å². The Morgan fingerprint density at radius 2 is 2.16 bits per heavy atom. The van der Waals surface area contributed by atoms with E-state index < -0.39 is 0 Å². The van der Waals surface area contributed by atoms with Crippen molar-refractivity contribution in [2.75, 3.05) is 6.61 Å². The van der Waals surface area contributed by atoms with E-state index in [9.17, 15) is 9.59 Å². The van der Waals surface area contributed by atoms with E-state index in [0.717, 1.165) is 19.6 Å². The molecule has 3 rings (SSSR count). The van der Waals surface area contributed by atoms with Gasteiger partial charge in [-0.25, -0.2) is 9.97 Å². The number of thioether (sulfide) groups is 1. The van der Waals surface area contributed by atoms with Crippen LogP contribution in [0, 0.1) is 13.8 Å². The van der Waals surface area contributed by atoms with Gasteiger partial charge in [-0.2, -0.15) is 0 Å². The molecule has 0 aromatic carbocycles. The van der Waals surface area contributed by atoms with E-state index in [1.807, 2.05) is 19.2 Å². The summed E-state index contributed by atoms with van der Waals surface area (Å²) in [5.74, 6) is 0.878. The van der Waals surface area contributed by atoms with Crippen LogP contribution in [0.1, 0.15) is 28.9 Å². The predicted molar refractivity (Wildman–Crippen MR) is 102 cm³/mol. The number of ether oxygens (including phenoxy) is 1. The molecule has 0 bridgehead atoms. The Kier molecular flexibility index (Phi) is 5.55. The summed E-state index contributed by atoms with van der Waals surface area (Å²) in [5, 5.41) is 2.53. The molecule has 25 heavy (non-hydrogen) atoms. The molecule has 0 atom stereocenters. The van der Waals surface area contributed by atoms with Crippen LogP contribution < -0.4 is 5.56 Å². The van der Waals surface area contributed by atoms with Crippen molar-refractivity contribution in [2.45, 2.75) is 37.3 Å². The van der Waals surface area contributed by atoms with E-state index in [0.29, 0.717) is 29.3 Å². The second kappa shape index (κ2) is 7.67. The van der Waals surface area contributed by atoms with Crippen LogP contribution in [-0.2, 0) is 21.7 Å². The summed E-state index contributed by atoms with van der Waals surface area (Å²) in [7, 11) is 0. The minimum absolute atomic E-state index is 0.0930. The van der Waals surface area contributed by atoms with E-state index in [1.165, 1.54) is 34.4 Å². The lowest BCUT2D eigenvalue weighted by Crippen LogP contribution is -2.10. The third-order valence-electron chi connectivity index (χ3n) is 3.58. The van der Waals surface area contributed by atoms with Crippen LogP contribution in [0.4, 0.5) is 0 Å². The van der Waals surface area contributed by atoms with Crippen LogP contribution in [-0.4, -0.2) is 27.5 Å². The van der Waals surface area contributed by atoms with Gasteiger partial charge >= 0.3 is 5.97 Å². The van der Waals surface area contributed by atoms with Crippen LogP contribution in [0.2, 0.25) is 0 Å². The Morgan fingerprint density at radius 3 is 2.92 bits per heavy atom. The molecule has 3 heterocycles. The van der Waals surface area contributed by atoms with Gasteiger partial charge in [0.25, 0.3) is 5.56 Å². The number of aromatic nitrogens is 3. The summed E-state index contributed by atoms with van der Waals surface area (Å²) in [6.07, 6.45) is 0.180. The first-order valence-corrected chi connectivity index (χ1v) is 10.4. The van der Waals surface area contributed by atoms with Crippen molar-refractivity contribution in [3.05, 3.63) is 37.7 Å². The molecule has 0 saturated heterocycles. The van der Waals surface area contributed by atoms with Crippen molar-refractivity contribution in [1.29, 1.82) is 0 Å². The number of thiophene rings is 1. The number of fused-ring (bicyclic) bond motifs is 1. The lowest BCUT2D eigenvalue weighted by atomic mass is 10.2. The maximum Gasteiger partial charge on any atom is 0.311 e. The molecular weight excluding hydrogens is 378 g/mol. The molecule has 0 radical (unpaired) electrons. The first-order chi connectivity index (χ1) is 12.0. The number of rotatable bonds is 6. The van der Waals surface area contributed by atoms with Gasteiger partial charge in [-0.15, -0.1) is 22.7 Å². The number of hydrogen-bond donors (Lipinski definition) is 1. The second-order valence-electron chi connectivity index (χ2n) is 5.35. The monoisotopic (exact) mass is 395 g/mol. The zero-order chi connectivity index (χ0) is 18.0. The highest BCUT2D eigenvalue weighted by molar-refractivity contribution is 8.00. The number of nitrogens with one attached hydrogen (secondary N) is 1. The molecule has 0 aliphatic rings. The Bertz CT molecular complexity index is 974. The number of carbonyl (C=O) groups is 1. The predicted octanol–water partition coefficient (Wildman–Crippen LogP) is 3.46. The quantitative estimate of drug-likeness (QED) is 0.508. The fraction of sp³-hybridized carbons (Fsp3) is 0.375. The van der Waals surface area contributed by atoms with Crippen LogP contribution in [0.3, 0.4) is 0 Å². The summed E-state index contributed by atoms with van der Waals surface area (Å²) in [6, 6.07) is 0. The van der Waals surface area contributed by atoms with Crippen LogP contribution >= 0.6 is 34.4 Å². The molecule has 6 nitrogen and oxygen atoms in total. The Labute approximate surface area is 156 Å². The fourth-order valence-electron chi connectivity index (χ4n) is 2.29.